The van der Waals surface area contributed by atoms with Crippen LogP contribution in [0, 0.1) is 0 Å². The van der Waals surface area contributed by atoms with Gasteiger partial charge in [-0.25, -0.2) is 9.78 Å². The minimum absolute atomic E-state index is 0.240. The van der Waals surface area contributed by atoms with E-state index in [1.165, 1.54) is 11.3 Å². The van der Waals surface area contributed by atoms with Gasteiger partial charge >= 0.3 is 5.97 Å². The summed E-state index contributed by atoms with van der Waals surface area (Å²) in [5, 5.41) is 0. The molecule has 0 aliphatic carbocycles. The van der Waals surface area contributed by atoms with Crippen LogP contribution < -0.4 is 0 Å². The molecule has 25 heavy (non-hydrogen) atoms. The second-order valence-electron chi connectivity index (χ2n) is 5.76. The third-order valence-corrected chi connectivity index (χ3v) is 4.63. The van der Waals surface area contributed by atoms with Gasteiger partial charge in [0.25, 0.3) is 5.91 Å². The number of benzene rings is 2. The number of carbonyl (C=O) groups is 2. The molecular weight excluding hydrogens is 336 g/mol. The second-order valence-corrected chi connectivity index (χ2v) is 6.65. The lowest BCUT2D eigenvalue weighted by atomic mass is 10.2. The Bertz CT molecular complexity index is 892. The standard InChI is InChI=1S/C19H18N2O3S/c1-13(18(22)21(2)11-14-6-4-3-5-7-14)24-19(23)15-8-9-16-17(10-15)25-12-20-16/h3-10,12-13H,11H2,1-2H3/t13-/m1/s1. The van der Waals surface area contributed by atoms with Crippen molar-refractivity contribution in [2.24, 2.45) is 0 Å². The summed E-state index contributed by atoms with van der Waals surface area (Å²) in [6, 6.07) is 14.8. The fourth-order valence-electron chi connectivity index (χ4n) is 2.51. The first kappa shape index (κ1) is 17.1. The van der Waals surface area contributed by atoms with Crippen LogP contribution in [-0.2, 0) is 16.1 Å². The molecule has 0 radical (unpaired) electrons. The van der Waals surface area contributed by atoms with Gasteiger partial charge in [-0.2, -0.15) is 0 Å². The number of amides is 1. The second kappa shape index (κ2) is 7.44. The van der Waals surface area contributed by atoms with Crippen molar-refractivity contribution in [3.8, 4) is 0 Å². The summed E-state index contributed by atoms with van der Waals surface area (Å²) in [5.74, 6) is -0.750. The lowest BCUT2D eigenvalue weighted by Gasteiger charge is -2.21. The highest BCUT2D eigenvalue weighted by Crippen LogP contribution is 2.20. The minimum atomic E-state index is -0.849. The SMILES string of the molecule is C[C@@H](OC(=O)c1ccc2ncsc2c1)C(=O)N(C)Cc1ccccc1. The van der Waals surface area contributed by atoms with Crippen LogP contribution in [0.25, 0.3) is 10.2 Å². The van der Waals surface area contributed by atoms with E-state index in [2.05, 4.69) is 4.98 Å². The third-order valence-electron chi connectivity index (χ3n) is 3.84. The Balaban J connectivity index is 1.62. The Kier molecular flexibility index (Phi) is 5.09. The zero-order chi connectivity index (χ0) is 17.8. The maximum atomic E-state index is 12.4. The number of aromatic nitrogens is 1. The van der Waals surface area contributed by atoms with Crippen LogP contribution in [0.5, 0.6) is 0 Å². The van der Waals surface area contributed by atoms with Gasteiger partial charge in [-0.15, -0.1) is 11.3 Å². The van der Waals surface area contributed by atoms with Gasteiger partial charge in [0, 0.05) is 13.6 Å². The first-order valence-electron chi connectivity index (χ1n) is 7.88. The van der Waals surface area contributed by atoms with Crippen molar-refractivity contribution >= 4 is 33.4 Å². The number of nitrogens with zero attached hydrogens (tertiary/aromatic N) is 2. The number of fused-ring (bicyclic) bond motifs is 1. The van der Waals surface area contributed by atoms with E-state index >= 15 is 0 Å². The first-order chi connectivity index (χ1) is 12.0. The van der Waals surface area contributed by atoms with Crippen LogP contribution in [0.15, 0.2) is 54.0 Å². The predicted molar refractivity (Wildman–Crippen MR) is 97.4 cm³/mol. The van der Waals surface area contributed by atoms with Crippen LogP contribution in [0.3, 0.4) is 0 Å². The Hall–Kier alpha value is -2.73. The Morgan fingerprint density at radius 1 is 1.20 bits per heavy atom. The zero-order valence-corrected chi connectivity index (χ0v) is 14.8. The monoisotopic (exact) mass is 354 g/mol. The summed E-state index contributed by atoms with van der Waals surface area (Å²) in [6.45, 7) is 2.06. The summed E-state index contributed by atoms with van der Waals surface area (Å²) in [4.78, 5) is 30.5. The number of hydrogen-bond acceptors (Lipinski definition) is 5. The van der Waals surface area contributed by atoms with E-state index in [4.69, 9.17) is 4.74 Å². The lowest BCUT2D eigenvalue weighted by molar-refractivity contribution is -0.139. The summed E-state index contributed by atoms with van der Waals surface area (Å²) in [6.07, 6.45) is -0.849. The van der Waals surface area contributed by atoms with E-state index in [9.17, 15) is 9.59 Å². The van der Waals surface area contributed by atoms with Gasteiger partial charge in [-0.3, -0.25) is 4.79 Å². The molecule has 1 heterocycles. The summed E-state index contributed by atoms with van der Waals surface area (Å²) < 4.78 is 6.25. The summed E-state index contributed by atoms with van der Waals surface area (Å²) >= 11 is 1.46. The van der Waals surface area contributed by atoms with Crippen molar-refractivity contribution in [3.05, 3.63) is 65.2 Å². The molecule has 0 unspecified atom stereocenters. The fourth-order valence-corrected chi connectivity index (χ4v) is 3.22. The molecule has 0 saturated carbocycles. The number of carbonyl (C=O) groups excluding carboxylic acids is 2. The molecule has 3 aromatic rings. The number of thiazole rings is 1. The van der Waals surface area contributed by atoms with Gasteiger partial charge in [0.2, 0.25) is 0 Å². The van der Waals surface area contributed by atoms with Gasteiger partial charge in [0.15, 0.2) is 6.10 Å². The average molecular weight is 354 g/mol. The van der Waals surface area contributed by atoms with Crippen molar-refractivity contribution in [1.82, 2.24) is 9.88 Å². The largest absolute Gasteiger partial charge is 0.449 e. The zero-order valence-electron chi connectivity index (χ0n) is 14.0. The summed E-state index contributed by atoms with van der Waals surface area (Å²) in [7, 11) is 1.70. The Morgan fingerprint density at radius 3 is 2.72 bits per heavy atom. The van der Waals surface area contributed by atoms with Crippen molar-refractivity contribution in [1.29, 1.82) is 0 Å². The molecule has 1 atom stereocenters. The number of rotatable bonds is 5. The van der Waals surface area contributed by atoms with Gasteiger partial charge in [0.05, 0.1) is 21.3 Å². The van der Waals surface area contributed by atoms with Crippen molar-refractivity contribution < 1.29 is 14.3 Å². The molecule has 6 heteroatoms. The van der Waals surface area contributed by atoms with Crippen molar-refractivity contribution in [2.45, 2.75) is 19.6 Å². The normalized spacial score (nSPS) is 11.9. The molecule has 0 bridgehead atoms. The van der Waals surface area contributed by atoms with Gasteiger partial charge in [-0.05, 0) is 30.7 Å². The summed E-state index contributed by atoms with van der Waals surface area (Å²) in [5.41, 5.74) is 4.01. The molecule has 0 saturated heterocycles. The number of ether oxygens (including phenoxy) is 1. The number of hydrogen-bond donors (Lipinski definition) is 0. The van der Waals surface area contributed by atoms with Crippen LogP contribution in [0.2, 0.25) is 0 Å². The third kappa shape index (κ3) is 4.03. The van der Waals surface area contributed by atoms with E-state index in [0.717, 1.165) is 15.8 Å². The Morgan fingerprint density at radius 2 is 1.96 bits per heavy atom. The minimum Gasteiger partial charge on any atom is -0.449 e. The van der Waals surface area contributed by atoms with E-state index in [1.54, 1.807) is 42.6 Å². The number of esters is 1. The Labute approximate surface area is 149 Å². The van der Waals surface area contributed by atoms with Gasteiger partial charge < -0.3 is 9.64 Å². The molecule has 0 aliphatic heterocycles. The molecule has 5 nitrogen and oxygen atoms in total. The molecule has 0 aliphatic rings. The molecular formula is C19H18N2O3S. The van der Waals surface area contributed by atoms with E-state index < -0.39 is 12.1 Å². The quantitative estimate of drug-likeness (QED) is 0.658. The molecule has 0 spiro atoms. The molecule has 0 N–H and O–H groups in total. The fraction of sp³-hybridized carbons (Fsp3) is 0.211. The van der Waals surface area contributed by atoms with Crippen molar-refractivity contribution in [3.63, 3.8) is 0 Å². The molecule has 128 valence electrons. The maximum Gasteiger partial charge on any atom is 0.338 e. The predicted octanol–water partition coefficient (Wildman–Crippen LogP) is 3.50. The van der Waals surface area contributed by atoms with Crippen molar-refractivity contribution in [2.75, 3.05) is 7.05 Å². The molecule has 1 amide bonds. The molecule has 2 aromatic carbocycles. The van der Waals surface area contributed by atoms with E-state index in [0.29, 0.717) is 12.1 Å². The highest BCUT2D eigenvalue weighted by Gasteiger charge is 2.22. The van der Waals surface area contributed by atoms with Crippen LogP contribution in [-0.4, -0.2) is 34.9 Å². The number of likely N-dealkylation sites (N-methyl/N-ethyl adjacent to an activating group) is 1. The lowest BCUT2D eigenvalue weighted by Crippen LogP contribution is -2.37. The topological polar surface area (TPSA) is 59.5 Å². The first-order valence-corrected chi connectivity index (χ1v) is 8.75. The van der Waals surface area contributed by atoms with Gasteiger partial charge in [0.1, 0.15) is 0 Å². The molecule has 0 fully saturated rings. The van der Waals surface area contributed by atoms with Crippen LogP contribution in [0.4, 0.5) is 0 Å². The van der Waals surface area contributed by atoms with E-state index in [1.807, 2.05) is 30.3 Å². The highest BCUT2D eigenvalue weighted by molar-refractivity contribution is 7.16. The van der Waals surface area contributed by atoms with Crippen LogP contribution in [0.1, 0.15) is 22.8 Å². The van der Waals surface area contributed by atoms with E-state index in [-0.39, 0.29) is 5.91 Å². The highest BCUT2D eigenvalue weighted by atomic mass is 32.1. The van der Waals surface area contributed by atoms with Crippen LogP contribution >= 0.6 is 11.3 Å². The molecule has 1 aromatic heterocycles. The maximum absolute atomic E-state index is 12.4. The van der Waals surface area contributed by atoms with Gasteiger partial charge in [-0.1, -0.05) is 30.3 Å². The smallest absolute Gasteiger partial charge is 0.338 e. The molecule has 3 rings (SSSR count). The average Bonchev–Trinajstić information content (AvgIpc) is 3.09.